The van der Waals surface area contributed by atoms with Crippen molar-refractivity contribution in [3.8, 4) is 0 Å². The van der Waals surface area contributed by atoms with E-state index in [1.807, 2.05) is 19.1 Å². The van der Waals surface area contributed by atoms with Crippen LogP contribution in [0.15, 0.2) is 59.3 Å². The summed E-state index contributed by atoms with van der Waals surface area (Å²) in [6.45, 7) is 1.84. The number of rotatable bonds is 9. The third kappa shape index (κ3) is 6.15. The number of methoxy groups -OCH3 is 1. The summed E-state index contributed by atoms with van der Waals surface area (Å²) in [6, 6.07) is 10.5. The highest BCUT2D eigenvalue weighted by Gasteiger charge is 2.25. The smallest absolute Gasteiger partial charge is 0.337 e. The minimum atomic E-state index is -3.95. The number of benzene rings is 2. The molecule has 0 saturated carbocycles. The van der Waals surface area contributed by atoms with Gasteiger partial charge in [0, 0.05) is 18.3 Å². The number of nitrogens with one attached hydrogen (secondary N) is 2. The van der Waals surface area contributed by atoms with Crippen LogP contribution in [0, 0.1) is 6.92 Å². The summed E-state index contributed by atoms with van der Waals surface area (Å²) in [6.07, 6.45) is 4.11. The standard InChI is InChI=1S/C24H30N4O5S/c1-15-6-9-19(10-7-15)34(31,32)28-22(23(26)29)13-18(25)14-27-21-5-3-4-16-12-17(24(30)33-2)8-11-20(16)21/h6-12,14,21-22,27-28H,3-5,13,25H2,1-2H3,(H2,26,29)/b18-14-. The molecule has 2 aromatic carbocycles. The zero-order valence-corrected chi connectivity index (χ0v) is 20.0. The normalized spacial score (nSPS) is 16.9. The number of fused-ring (bicyclic) bond motifs is 1. The molecule has 1 aliphatic rings. The van der Waals surface area contributed by atoms with Crippen LogP contribution in [-0.2, 0) is 26.0 Å². The van der Waals surface area contributed by atoms with E-state index in [2.05, 4.69) is 10.0 Å². The minimum absolute atomic E-state index is 0.0368. The molecule has 0 bridgehead atoms. The molecule has 1 amide bonds. The lowest BCUT2D eigenvalue weighted by Crippen LogP contribution is -2.45. The van der Waals surface area contributed by atoms with Gasteiger partial charge in [0.25, 0.3) is 0 Å². The molecule has 6 N–H and O–H groups in total. The number of nitrogens with two attached hydrogens (primary N) is 2. The van der Waals surface area contributed by atoms with Gasteiger partial charge in [-0.05, 0) is 61.6 Å². The second-order valence-corrected chi connectivity index (χ2v) is 10.0. The highest BCUT2D eigenvalue weighted by molar-refractivity contribution is 7.89. The van der Waals surface area contributed by atoms with Crippen molar-refractivity contribution in [1.82, 2.24) is 10.0 Å². The number of primary amides is 1. The third-order valence-electron chi connectivity index (χ3n) is 5.76. The van der Waals surface area contributed by atoms with Crippen molar-refractivity contribution >= 4 is 21.9 Å². The largest absolute Gasteiger partial charge is 0.465 e. The molecule has 10 heteroatoms. The van der Waals surface area contributed by atoms with Crippen LogP contribution in [0.3, 0.4) is 0 Å². The lowest BCUT2D eigenvalue weighted by molar-refractivity contribution is -0.119. The fraction of sp³-hybridized carbons (Fsp3) is 0.333. The van der Waals surface area contributed by atoms with Crippen LogP contribution in [0.5, 0.6) is 0 Å². The Hall–Kier alpha value is -3.37. The van der Waals surface area contributed by atoms with Crippen molar-refractivity contribution < 1.29 is 22.7 Å². The molecular weight excluding hydrogens is 456 g/mol. The minimum Gasteiger partial charge on any atom is -0.465 e. The SMILES string of the molecule is COC(=O)c1ccc2c(c1)CCCC2N/C=C(\N)CC(NS(=O)(=O)c1ccc(C)cc1)C(N)=O. The number of sulfonamides is 1. The summed E-state index contributed by atoms with van der Waals surface area (Å²) in [4.78, 5) is 23.8. The third-order valence-corrected chi connectivity index (χ3v) is 7.25. The maximum atomic E-state index is 12.7. The quantitative estimate of drug-likeness (QED) is 0.394. The molecule has 0 aliphatic heterocycles. The number of hydrogen-bond donors (Lipinski definition) is 4. The average molecular weight is 487 g/mol. The molecule has 0 fully saturated rings. The van der Waals surface area contributed by atoms with Gasteiger partial charge in [0.1, 0.15) is 6.04 Å². The van der Waals surface area contributed by atoms with Crippen LogP contribution < -0.4 is 21.5 Å². The molecule has 2 aromatic rings. The molecule has 2 atom stereocenters. The summed E-state index contributed by atoms with van der Waals surface area (Å²) < 4.78 is 32.4. The molecule has 2 unspecified atom stereocenters. The number of hydrogen-bond acceptors (Lipinski definition) is 7. The Morgan fingerprint density at radius 1 is 1.18 bits per heavy atom. The Morgan fingerprint density at radius 3 is 2.53 bits per heavy atom. The zero-order chi connectivity index (χ0) is 24.9. The van der Waals surface area contributed by atoms with Crippen molar-refractivity contribution in [1.29, 1.82) is 0 Å². The molecule has 0 aromatic heterocycles. The summed E-state index contributed by atoms with van der Waals surface area (Å²) in [5.41, 5.74) is 15.3. The summed E-state index contributed by atoms with van der Waals surface area (Å²) in [7, 11) is -2.60. The van der Waals surface area contributed by atoms with Crippen LogP contribution in [0.2, 0.25) is 0 Å². The monoisotopic (exact) mass is 486 g/mol. The average Bonchev–Trinajstić information content (AvgIpc) is 2.81. The maximum absolute atomic E-state index is 12.7. The van der Waals surface area contributed by atoms with Crippen molar-refractivity contribution in [2.24, 2.45) is 11.5 Å². The first-order valence-corrected chi connectivity index (χ1v) is 12.4. The van der Waals surface area contributed by atoms with E-state index < -0.39 is 22.0 Å². The van der Waals surface area contributed by atoms with Crippen LogP contribution in [0.25, 0.3) is 0 Å². The predicted octanol–water partition coefficient (Wildman–Crippen LogP) is 1.77. The molecule has 0 spiro atoms. The molecule has 34 heavy (non-hydrogen) atoms. The van der Waals surface area contributed by atoms with E-state index >= 15 is 0 Å². The summed E-state index contributed by atoms with van der Waals surface area (Å²) in [5.74, 6) is -1.21. The van der Waals surface area contributed by atoms with Gasteiger partial charge in [0.2, 0.25) is 15.9 Å². The second-order valence-electron chi connectivity index (χ2n) is 8.33. The number of carbonyl (C=O) groups excluding carboxylic acids is 2. The van der Waals surface area contributed by atoms with Gasteiger partial charge in [0.15, 0.2) is 0 Å². The van der Waals surface area contributed by atoms with E-state index in [0.717, 1.165) is 36.0 Å². The fourth-order valence-corrected chi connectivity index (χ4v) is 5.11. The number of esters is 1. The van der Waals surface area contributed by atoms with Gasteiger partial charge in [-0.15, -0.1) is 0 Å². The van der Waals surface area contributed by atoms with Gasteiger partial charge in [-0.1, -0.05) is 23.8 Å². The van der Waals surface area contributed by atoms with Gasteiger partial charge in [-0.3, -0.25) is 4.79 Å². The first-order chi connectivity index (χ1) is 16.1. The lowest BCUT2D eigenvalue weighted by Gasteiger charge is -2.26. The second kappa shape index (κ2) is 10.7. The zero-order valence-electron chi connectivity index (χ0n) is 19.2. The summed E-state index contributed by atoms with van der Waals surface area (Å²) >= 11 is 0. The molecule has 3 rings (SSSR count). The van der Waals surface area contributed by atoms with Gasteiger partial charge in [0.05, 0.1) is 23.6 Å². The molecule has 1 aliphatic carbocycles. The molecule has 9 nitrogen and oxygen atoms in total. The summed E-state index contributed by atoms with van der Waals surface area (Å²) in [5, 5.41) is 3.25. The Morgan fingerprint density at radius 2 is 1.88 bits per heavy atom. The Labute approximate surface area is 199 Å². The van der Waals surface area contributed by atoms with Crippen LogP contribution in [0.4, 0.5) is 0 Å². The molecule has 0 radical (unpaired) electrons. The Bertz CT molecular complexity index is 1190. The van der Waals surface area contributed by atoms with Gasteiger partial charge in [-0.2, -0.15) is 4.72 Å². The first kappa shape index (κ1) is 25.3. The molecule has 0 heterocycles. The van der Waals surface area contributed by atoms with Crippen molar-refractivity contribution in [2.75, 3.05) is 7.11 Å². The van der Waals surface area contributed by atoms with Crippen molar-refractivity contribution in [3.05, 3.63) is 76.6 Å². The first-order valence-electron chi connectivity index (χ1n) is 10.9. The van der Waals surface area contributed by atoms with E-state index in [9.17, 15) is 18.0 Å². The molecular formula is C24H30N4O5S. The van der Waals surface area contributed by atoms with Crippen LogP contribution >= 0.6 is 0 Å². The van der Waals surface area contributed by atoms with Crippen LogP contribution in [0.1, 0.15) is 52.4 Å². The fourth-order valence-electron chi connectivity index (χ4n) is 3.91. The topological polar surface area (TPSA) is 154 Å². The van der Waals surface area contributed by atoms with Gasteiger partial charge in [-0.25, -0.2) is 13.2 Å². The highest BCUT2D eigenvalue weighted by atomic mass is 32.2. The van der Waals surface area contributed by atoms with Gasteiger partial charge < -0.3 is 21.5 Å². The maximum Gasteiger partial charge on any atom is 0.337 e. The Balaban J connectivity index is 1.69. The van der Waals surface area contributed by atoms with Crippen molar-refractivity contribution in [3.63, 3.8) is 0 Å². The number of aryl methyl sites for hydroxylation is 2. The van der Waals surface area contributed by atoms with Gasteiger partial charge >= 0.3 is 5.97 Å². The van der Waals surface area contributed by atoms with E-state index in [-0.39, 0.29) is 29.0 Å². The lowest BCUT2D eigenvalue weighted by atomic mass is 9.86. The predicted molar refractivity (Wildman–Crippen MR) is 128 cm³/mol. The van der Waals surface area contributed by atoms with E-state index in [1.165, 1.54) is 19.2 Å². The number of ether oxygens (including phenoxy) is 1. The molecule has 0 saturated heterocycles. The van der Waals surface area contributed by atoms with E-state index in [4.69, 9.17) is 16.2 Å². The van der Waals surface area contributed by atoms with Crippen molar-refractivity contribution in [2.45, 2.75) is 49.6 Å². The number of amides is 1. The molecule has 182 valence electrons. The highest BCUT2D eigenvalue weighted by Crippen LogP contribution is 2.30. The Kier molecular flexibility index (Phi) is 7.95. The van der Waals surface area contributed by atoms with E-state index in [0.29, 0.717) is 5.56 Å². The van der Waals surface area contributed by atoms with E-state index in [1.54, 1.807) is 24.4 Å². The number of carbonyl (C=O) groups is 2. The van der Waals surface area contributed by atoms with Crippen LogP contribution in [-0.4, -0.2) is 33.4 Å².